The minimum absolute atomic E-state index is 0.00800. The van der Waals surface area contributed by atoms with Crippen molar-refractivity contribution in [1.29, 1.82) is 10.7 Å². The standard InChI is InChI=1S/C60H82F2N10O4/c1-37(73)70-26-22-48(47(33-70)53(65)72-23-12-13-39-27-45(41(31-64)32-66-10)46(52(61)62)29-49(39)72)67-42-20-24-69(25-21-42)34-51-57(2,3)35-71(36-58(51,4)5)43-17-14-38(15-18-43)54(74)68-55-59(6,7)56(60(55,8)9)76-44-19-16-40(30-63)50(28-44)75-11/h14-19,27-29,31-32,42,47-48,51-52,55-56,65,67H,12-13,20-26,33-36,64H2,1-11H3,(H,68,74)/b41-31+,65-53?,66-32?. The molecule has 5 N–H and O–H groups in total. The van der Waals surface area contributed by atoms with E-state index in [1.54, 1.807) is 38.2 Å². The van der Waals surface area contributed by atoms with Gasteiger partial charge in [0, 0.05) is 135 Å². The first-order chi connectivity index (χ1) is 35.9. The van der Waals surface area contributed by atoms with Crippen molar-refractivity contribution >= 4 is 40.8 Å². The zero-order valence-corrected chi connectivity index (χ0v) is 46.7. The van der Waals surface area contributed by atoms with E-state index in [4.69, 9.17) is 15.2 Å². The second kappa shape index (κ2) is 22.1. The summed E-state index contributed by atoms with van der Waals surface area (Å²) in [6, 6.07) is 18.8. The Morgan fingerprint density at radius 1 is 0.947 bits per heavy atom. The van der Waals surface area contributed by atoms with Crippen molar-refractivity contribution < 1.29 is 27.8 Å². The van der Waals surface area contributed by atoms with E-state index in [1.165, 1.54) is 25.6 Å². The monoisotopic (exact) mass is 1040 g/mol. The summed E-state index contributed by atoms with van der Waals surface area (Å²) in [6.45, 7) is 25.8. The Labute approximate surface area is 449 Å². The fraction of sp³-hybridized carbons (Fsp3) is 0.583. The molecule has 4 fully saturated rings. The summed E-state index contributed by atoms with van der Waals surface area (Å²) in [5, 5.41) is 26.5. The average Bonchev–Trinajstić information content (AvgIpc) is 3.48. The van der Waals surface area contributed by atoms with E-state index in [-0.39, 0.29) is 69.2 Å². The average molecular weight is 1050 g/mol. The molecule has 2 amide bonds. The maximum atomic E-state index is 14.7. The van der Waals surface area contributed by atoms with Crippen LogP contribution in [-0.4, -0.2) is 124 Å². The molecule has 4 aliphatic heterocycles. The number of hydrogen-bond acceptors (Lipinski definition) is 11. The molecule has 2 unspecified atom stereocenters. The van der Waals surface area contributed by atoms with Gasteiger partial charge in [-0.1, -0.05) is 55.4 Å². The quantitative estimate of drug-likeness (QED) is 0.0900. The van der Waals surface area contributed by atoms with E-state index in [0.29, 0.717) is 83.7 Å². The van der Waals surface area contributed by atoms with Crippen molar-refractivity contribution in [2.24, 2.45) is 44.2 Å². The molecule has 410 valence electrons. The van der Waals surface area contributed by atoms with Gasteiger partial charge >= 0.3 is 0 Å². The maximum absolute atomic E-state index is 14.7. The number of methoxy groups -OCH3 is 1. The lowest BCUT2D eigenvalue weighted by Crippen LogP contribution is -2.74. The van der Waals surface area contributed by atoms with Crippen LogP contribution in [0.4, 0.5) is 20.2 Å². The molecule has 2 atom stereocenters. The van der Waals surface area contributed by atoms with Gasteiger partial charge < -0.3 is 45.4 Å². The number of amidine groups is 1. The third-order valence-electron chi connectivity index (χ3n) is 17.8. The van der Waals surface area contributed by atoms with Crippen molar-refractivity contribution in [3.8, 4) is 17.6 Å². The van der Waals surface area contributed by atoms with E-state index in [2.05, 4.69) is 99.0 Å². The normalized spacial score (nSPS) is 24.6. The largest absolute Gasteiger partial charge is 0.495 e. The number of amides is 2. The minimum atomic E-state index is -2.75. The summed E-state index contributed by atoms with van der Waals surface area (Å²) >= 11 is 0. The van der Waals surface area contributed by atoms with Gasteiger partial charge in [-0.05, 0) is 122 Å². The molecule has 1 aliphatic carbocycles. The van der Waals surface area contributed by atoms with Crippen molar-refractivity contribution in [3.63, 3.8) is 0 Å². The smallest absolute Gasteiger partial charge is 0.264 e. The van der Waals surface area contributed by atoms with Crippen LogP contribution in [-0.2, 0) is 11.2 Å². The summed E-state index contributed by atoms with van der Waals surface area (Å²) in [6.07, 6.45) is 3.98. The van der Waals surface area contributed by atoms with Gasteiger partial charge in [0.15, 0.2) is 0 Å². The van der Waals surface area contributed by atoms with E-state index in [9.17, 15) is 29.0 Å². The van der Waals surface area contributed by atoms with Gasteiger partial charge in [0.05, 0.1) is 12.7 Å². The van der Waals surface area contributed by atoms with Gasteiger partial charge in [-0.3, -0.25) is 20.0 Å². The Kier molecular flexibility index (Phi) is 16.4. The Balaban J connectivity index is 0.868. The van der Waals surface area contributed by atoms with Gasteiger partial charge in [-0.2, -0.15) is 5.26 Å². The van der Waals surface area contributed by atoms with E-state index >= 15 is 0 Å². The van der Waals surface area contributed by atoms with Gasteiger partial charge in [-0.15, -0.1) is 0 Å². The predicted octanol–water partition coefficient (Wildman–Crippen LogP) is 9.33. The van der Waals surface area contributed by atoms with E-state index in [0.717, 1.165) is 63.2 Å². The first kappa shape index (κ1) is 56.2. The van der Waals surface area contributed by atoms with Crippen LogP contribution in [0.3, 0.4) is 0 Å². The number of ether oxygens (including phenoxy) is 2. The second-order valence-electron chi connectivity index (χ2n) is 24.7. The Hall–Kier alpha value is -6.05. The highest BCUT2D eigenvalue weighted by molar-refractivity contribution is 6.10. The summed E-state index contributed by atoms with van der Waals surface area (Å²) in [5.41, 5.74) is 9.46. The molecular weight excluding hydrogens is 963 g/mol. The molecule has 0 radical (unpaired) electrons. The number of alkyl halides is 2. The molecule has 0 aromatic heterocycles. The minimum Gasteiger partial charge on any atom is -0.495 e. The molecule has 0 bridgehead atoms. The number of aryl methyl sites for hydroxylation is 1. The number of nitriles is 1. The highest BCUT2D eigenvalue weighted by Crippen LogP contribution is 2.56. The van der Waals surface area contributed by atoms with Gasteiger partial charge in [-0.25, -0.2) is 8.78 Å². The third-order valence-corrected chi connectivity index (χ3v) is 17.8. The molecule has 16 heteroatoms. The number of anilines is 2. The van der Waals surface area contributed by atoms with E-state index in [1.807, 2.05) is 21.9 Å². The molecule has 8 rings (SSSR count). The number of hydrogen-bond donors (Lipinski definition) is 4. The zero-order valence-electron chi connectivity index (χ0n) is 46.7. The van der Waals surface area contributed by atoms with Gasteiger partial charge in [0.2, 0.25) is 5.91 Å². The Morgan fingerprint density at radius 2 is 1.62 bits per heavy atom. The number of fused-ring (bicyclic) bond motifs is 1. The van der Waals surface area contributed by atoms with Crippen LogP contribution in [0, 0.1) is 50.2 Å². The van der Waals surface area contributed by atoms with Crippen LogP contribution in [0.2, 0.25) is 0 Å². The molecule has 3 aromatic carbocycles. The molecule has 4 heterocycles. The Bertz CT molecular complexity index is 2710. The fourth-order valence-corrected chi connectivity index (χ4v) is 14.2. The SMILES string of the molecule is CN=C/C(=C\N)c1cc2c(cc1C(F)F)N(C(=N)C1CN(C(C)=O)CCC1NC1CCN(CC3C(C)(C)CN(c4ccc(C(=O)NC5C(C)(C)C(Oc6ccc(C#N)c(OC)c6)C5(C)C)cc4)CC3(C)C)CC1)CCC2. The number of likely N-dealkylation sites (tertiary alicyclic amines) is 2. The molecule has 0 spiro atoms. The number of nitrogens with two attached hydrogens (primary N) is 1. The van der Waals surface area contributed by atoms with Gasteiger partial charge in [0.1, 0.15) is 29.5 Å². The number of carbonyl (C=O) groups excluding carboxylic acids is 2. The number of rotatable bonds is 14. The number of halogens is 2. The highest BCUT2D eigenvalue weighted by atomic mass is 19.3. The number of nitrogens with zero attached hydrogens (tertiary/aromatic N) is 6. The lowest BCUT2D eigenvalue weighted by molar-refractivity contribution is -0.164. The number of benzene rings is 3. The summed E-state index contributed by atoms with van der Waals surface area (Å²) in [7, 11) is 3.12. The first-order valence-corrected chi connectivity index (χ1v) is 27.2. The third kappa shape index (κ3) is 11.2. The lowest BCUT2D eigenvalue weighted by Gasteiger charge is -2.63. The summed E-state index contributed by atoms with van der Waals surface area (Å²) in [4.78, 5) is 39.5. The molecule has 3 aromatic rings. The topological polar surface area (TPSA) is 176 Å². The fourth-order valence-electron chi connectivity index (χ4n) is 14.2. The van der Waals surface area contributed by atoms with Crippen LogP contribution in [0.15, 0.2) is 65.8 Å². The van der Waals surface area contributed by atoms with Crippen molar-refractivity contribution in [3.05, 3.63) is 88.6 Å². The first-order valence-electron chi connectivity index (χ1n) is 27.2. The molecule has 5 aliphatic rings. The van der Waals surface area contributed by atoms with Crippen LogP contribution in [0.1, 0.15) is 127 Å². The number of nitrogens with one attached hydrogen (secondary N) is 3. The zero-order chi connectivity index (χ0) is 55.1. The molecule has 1 saturated carbocycles. The predicted molar refractivity (Wildman–Crippen MR) is 299 cm³/mol. The summed E-state index contributed by atoms with van der Waals surface area (Å²) < 4.78 is 41.3. The molecular formula is C60H82F2N10O4. The summed E-state index contributed by atoms with van der Waals surface area (Å²) in [5.74, 6) is 1.43. The van der Waals surface area contributed by atoms with Crippen molar-refractivity contribution in [2.75, 3.05) is 76.3 Å². The lowest BCUT2D eigenvalue weighted by atomic mass is 9.49. The molecule has 14 nitrogen and oxygen atoms in total. The maximum Gasteiger partial charge on any atom is 0.264 e. The van der Waals surface area contributed by atoms with E-state index < -0.39 is 6.43 Å². The number of allylic oxidation sites excluding steroid dienone is 1. The van der Waals surface area contributed by atoms with Crippen LogP contribution in [0.25, 0.3) is 5.57 Å². The highest BCUT2D eigenvalue weighted by Gasteiger charge is 2.64. The molecule has 76 heavy (non-hydrogen) atoms. The van der Waals surface area contributed by atoms with Gasteiger partial charge in [0.25, 0.3) is 12.3 Å². The Morgan fingerprint density at radius 3 is 2.21 bits per heavy atom. The molecule has 3 saturated heterocycles. The van der Waals surface area contributed by atoms with Crippen molar-refractivity contribution in [1.82, 2.24) is 20.4 Å². The van der Waals surface area contributed by atoms with Crippen LogP contribution in [0.5, 0.6) is 11.5 Å². The number of carbonyl (C=O) groups is 2. The van der Waals surface area contributed by atoms with Crippen LogP contribution < -0.4 is 35.6 Å². The second-order valence-corrected chi connectivity index (χ2v) is 24.7. The number of aliphatic imine (C=N–C) groups is 1. The van der Waals surface area contributed by atoms with Crippen LogP contribution >= 0.6 is 0 Å². The number of piperidine rings is 3. The van der Waals surface area contributed by atoms with Crippen molar-refractivity contribution in [2.45, 2.75) is 125 Å².